The molecule has 80 valence electrons. The lowest BCUT2D eigenvalue weighted by Crippen LogP contribution is -2.08. The summed E-state index contributed by atoms with van der Waals surface area (Å²) in [7, 11) is 0. The predicted molar refractivity (Wildman–Crippen MR) is 63.0 cm³/mol. The molecule has 0 aliphatic heterocycles. The molecule has 0 spiro atoms. The zero-order chi connectivity index (χ0) is 11.0. The van der Waals surface area contributed by atoms with Gasteiger partial charge in [-0.3, -0.25) is 4.40 Å². The third-order valence-electron chi connectivity index (χ3n) is 2.36. The fourth-order valence-corrected chi connectivity index (χ4v) is 2.26. The molecule has 2 heterocycles. The van der Waals surface area contributed by atoms with Crippen LogP contribution in [-0.2, 0) is 6.42 Å². The summed E-state index contributed by atoms with van der Waals surface area (Å²) in [6.07, 6.45) is 0.194. The van der Waals surface area contributed by atoms with Crippen molar-refractivity contribution in [3.05, 3.63) is 34.3 Å². The summed E-state index contributed by atoms with van der Waals surface area (Å²) in [5.74, 6) is 0.893. The van der Waals surface area contributed by atoms with Gasteiger partial charge in [0.2, 0.25) is 0 Å². The molecule has 2 aromatic rings. The van der Waals surface area contributed by atoms with E-state index in [-0.39, 0.29) is 6.10 Å². The second-order valence-electron chi connectivity index (χ2n) is 3.76. The van der Waals surface area contributed by atoms with Crippen LogP contribution in [0.2, 0.25) is 0 Å². The van der Waals surface area contributed by atoms with Gasteiger partial charge in [-0.2, -0.15) is 0 Å². The minimum atomic E-state index is -0.373. The number of aromatic nitrogens is 2. The number of rotatable bonds is 2. The highest BCUT2D eigenvalue weighted by atomic mass is 79.9. The average Bonchev–Trinajstić information content (AvgIpc) is 2.44. The summed E-state index contributed by atoms with van der Waals surface area (Å²) >= 11 is 3.43. The van der Waals surface area contributed by atoms with Gasteiger partial charge in [0.15, 0.2) is 0 Å². The third-order valence-corrected chi connectivity index (χ3v) is 2.94. The van der Waals surface area contributed by atoms with E-state index in [1.54, 1.807) is 6.92 Å². The van der Waals surface area contributed by atoms with E-state index in [4.69, 9.17) is 0 Å². The molecule has 0 aliphatic carbocycles. The fourth-order valence-electron chi connectivity index (χ4n) is 1.74. The van der Waals surface area contributed by atoms with E-state index in [1.807, 2.05) is 25.1 Å². The maximum atomic E-state index is 9.40. The second-order valence-corrected chi connectivity index (χ2v) is 4.51. The Morgan fingerprint density at radius 2 is 2.27 bits per heavy atom. The van der Waals surface area contributed by atoms with Gasteiger partial charge in [-0.25, -0.2) is 4.98 Å². The molecule has 0 bridgehead atoms. The van der Waals surface area contributed by atoms with Crippen molar-refractivity contribution in [1.82, 2.24) is 9.38 Å². The normalized spacial score (nSPS) is 13.3. The summed E-state index contributed by atoms with van der Waals surface area (Å²) in [6.45, 7) is 3.81. The standard InChI is InChI=1S/C11H13BrN2O/c1-7-4-3-5-9-11(12)13-10(14(7)9)6-8(2)15/h3-5,8,15H,6H2,1-2H3. The van der Waals surface area contributed by atoms with Crippen LogP contribution in [0.3, 0.4) is 0 Å². The molecule has 0 fully saturated rings. The Hall–Kier alpha value is -0.870. The van der Waals surface area contributed by atoms with Gasteiger partial charge in [-0.15, -0.1) is 0 Å². The number of hydrogen-bond donors (Lipinski definition) is 1. The van der Waals surface area contributed by atoms with Gasteiger partial charge in [0.05, 0.1) is 11.6 Å². The Bertz CT molecular complexity index is 491. The highest BCUT2D eigenvalue weighted by Gasteiger charge is 2.11. The molecule has 2 rings (SSSR count). The van der Waals surface area contributed by atoms with E-state index >= 15 is 0 Å². The number of pyridine rings is 1. The molecule has 1 atom stereocenters. The summed E-state index contributed by atoms with van der Waals surface area (Å²) in [6, 6.07) is 6.05. The van der Waals surface area contributed by atoms with Crippen LogP contribution in [0.15, 0.2) is 22.8 Å². The van der Waals surface area contributed by atoms with Crippen LogP contribution in [0.1, 0.15) is 18.4 Å². The molecule has 1 N–H and O–H groups in total. The lowest BCUT2D eigenvalue weighted by Gasteiger charge is -2.06. The van der Waals surface area contributed by atoms with Crippen LogP contribution in [-0.4, -0.2) is 20.6 Å². The molecule has 15 heavy (non-hydrogen) atoms. The summed E-state index contributed by atoms with van der Waals surface area (Å²) in [5, 5.41) is 9.40. The lowest BCUT2D eigenvalue weighted by atomic mass is 10.2. The van der Waals surface area contributed by atoms with Crippen LogP contribution in [0.4, 0.5) is 0 Å². The second kappa shape index (κ2) is 3.94. The summed E-state index contributed by atoms with van der Waals surface area (Å²) in [5.41, 5.74) is 2.17. The van der Waals surface area contributed by atoms with Crippen LogP contribution >= 0.6 is 15.9 Å². The van der Waals surface area contributed by atoms with Crippen LogP contribution in [0.25, 0.3) is 5.52 Å². The molecule has 0 aliphatic rings. The van der Waals surface area contributed by atoms with Crippen LogP contribution in [0.5, 0.6) is 0 Å². The largest absolute Gasteiger partial charge is 0.393 e. The van der Waals surface area contributed by atoms with Crippen molar-refractivity contribution in [3.8, 4) is 0 Å². The number of aliphatic hydroxyl groups excluding tert-OH is 1. The molecule has 4 heteroatoms. The van der Waals surface area contributed by atoms with Crippen LogP contribution in [0, 0.1) is 6.92 Å². The smallest absolute Gasteiger partial charge is 0.132 e. The van der Waals surface area contributed by atoms with E-state index < -0.39 is 0 Å². The van der Waals surface area contributed by atoms with Crippen molar-refractivity contribution in [2.45, 2.75) is 26.4 Å². The minimum Gasteiger partial charge on any atom is -0.393 e. The molecular weight excluding hydrogens is 256 g/mol. The number of halogens is 1. The molecule has 0 saturated carbocycles. The van der Waals surface area contributed by atoms with Gasteiger partial charge in [-0.05, 0) is 41.9 Å². The van der Waals surface area contributed by atoms with Gasteiger partial charge in [0, 0.05) is 12.1 Å². The van der Waals surface area contributed by atoms with E-state index in [0.717, 1.165) is 21.6 Å². The molecule has 0 radical (unpaired) electrons. The Labute approximate surface area is 96.9 Å². The number of fused-ring (bicyclic) bond motifs is 1. The third kappa shape index (κ3) is 1.92. The molecule has 3 nitrogen and oxygen atoms in total. The van der Waals surface area contributed by atoms with Crippen molar-refractivity contribution in [1.29, 1.82) is 0 Å². The number of hydrogen-bond acceptors (Lipinski definition) is 2. The Balaban J connectivity index is 2.65. The first-order chi connectivity index (χ1) is 7.09. The zero-order valence-electron chi connectivity index (χ0n) is 8.74. The maximum Gasteiger partial charge on any atom is 0.132 e. The Morgan fingerprint density at radius 3 is 2.93 bits per heavy atom. The summed E-state index contributed by atoms with van der Waals surface area (Å²) < 4.78 is 2.90. The maximum absolute atomic E-state index is 9.40. The van der Waals surface area contributed by atoms with E-state index in [1.165, 1.54) is 0 Å². The first kappa shape index (κ1) is 10.6. The quantitative estimate of drug-likeness (QED) is 0.908. The van der Waals surface area contributed by atoms with Crippen LogP contribution < -0.4 is 0 Å². The topological polar surface area (TPSA) is 37.5 Å². The molecule has 0 saturated heterocycles. The zero-order valence-corrected chi connectivity index (χ0v) is 10.3. The highest BCUT2D eigenvalue weighted by molar-refractivity contribution is 9.10. The van der Waals surface area contributed by atoms with Crippen molar-refractivity contribution in [2.75, 3.05) is 0 Å². The molecule has 2 aromatic heterocycles. The van der Waals surface area contributed by atoms with Gasteiger partial charge in [-0.1, -0.05) is 6.07 Å². The minimum absolute atomic E-state index is 0.373. The number of nitrogens with zero attached hydrogens (tertiary/aromatic N) is 2. The predicted octanol–water partition coefficient (Wildman–Crippen LogP) is 2.33. The fraction of sp³-hybridized carbons (Fsp3) is 0.364. The number of imidazole rings is 1. The SMILES string of the molecule is Cc1cccc2c(Br)nc(CC(C)O)n12. The Morgan fingerprint density at radius 1 is 1.53 bits per heavy atom. The molecule has 0 amide bonds. The molecular formula is C11H13BrN2O. The van der Waals surface area contributed by atoms with Gasteiger partial charge < -0.3 is 5.11 Å². The van der Waals surface area contributed by atoms with E-state index in [0.29, 0.717) is 6.42 Å². The monoisotopic (exact) mass is 268 g/mol. The highest BCUT2D eigenvalue weighted by Crippen LogP contribution is 2.21. The summed E-state index contributed by atoms with van der Waals surface area (Å²) in [4.78, 5) is 4.41. The Kier molecular flexibility index (Phi) is 2.80. The number of aryl methyl sites for hydroxylation is 1. The molecule has 0 aromatic carbocycles. The van der Waals surface area contributed by atoms with Crippen molar-refractivity contribution >= 4 is 21.4 Å². The number of aliphatic hydroxyl groups is 1. The van der Waals surface area contributed by atoms with Gasteiger partial charge in [0.25, 0.3) is 0 Å². The van der Waals surface area contributed by atoms with Crippen molar-refractivity contribution < 1.29 is 5.11 Å². The van der Waals surface area contributed by atoms with Gasteiger partial charge >= 0.3 is 0 Å². The van der Waals surface area contributed by atoms with E-state index in [2.05, 4.69) is 25.3 Å². The average molecular weight is 269 g/mol. The van der Waals surface area contributed by atoms with Gasteiger partial charge in [0.1, 0.15) is 10.4 Å². The first-order valence-electron chi connectivity index (χ1n) is 4.90. The van der Waals surface area contributed by atoms with Crippen molar-refractivity contribution in [3.63, 3.8) is 0 Å². The lowest BCUT2D eigenvalue weighted by molar-refractivity contribution is 0.192. The van der Waals surface area contributed by atoms with E-state index in [9.17, 15) is 5.11 Å². The first-order valence-corrected chi connectivity index (χ1v) is 5.69. The van der Waals surface area contributed by atoms with Crippen molar-refractivity contribution in [2.24, 2.45) is 0 Å². The molecule has 1 unspecified atom stereocenters.